The zero-order valence-electron chi connectivity index (χ0n) is 14.4. The second-order valence-electron chi connectivity index (χ2n) is 6.77. The van der Waals surface area contributed by atoms with E-state index < -0.39 is 0 Å². The normalized spacial score (nSPS) is 17.8. The first-order valence-corrected chi connectivity index (χ1v) is 8.88. The van der Waals surface area contributed by atoms with Crippen LogP contribution < -0.4 is 0 Å². The van der Waals surface area contributed by atoms with E-state index in [4.69, 9.17) is 0 Å². The molecule has 1 atom stereocenters. The van der Waals surface area contributed by atoms with Crippen LogP contribution in [0.2, 0.25) is 0 Å². The largest absolute Gasteiger partial charge is 0.335 e. The number of pyridine rings is 1. The molecule has 1 aliphatic heterocycles. The lowest BCUT2D eigenvalue weighted by molar-refractivity contribution is 0.0613. The Hall–Kier alpha value is -2.69. The zero-order chi connectivity index (χ0) is 17.2. The first kappa shape index (κ1) is 15.8. The molecule has 1 saturated heterocycles. The fraction of sp³-hybridized carbons (Fsp3) is 0.350. The standard InChI is InChI=1S/C20H22N4O/c1-14-18-12-16(13-21-19(18)23-22-14)20(25)24-10-6-5-9-17(24)11-15-7-3-2-4-8-15/h2-4,7-8,12-13,17H,5-6,9-11H2,1H3,(H,21,22,23)/t17-/m1/s1. The maximum absolute atomic E-state index is 13.1. The molecule has 0 spiro atoms. The molecule has 25 heavy (non-hydrogen) atoms. The van der Waals surface area contributed by atoms with Crippen LogP contribution >= 0.6 is 0 Å². The van der Waals surface area contributed by atoms with Crippen molar-refractivity contribution in [3.05, 3.63) is 59.4 Å². The van der Waals surface area contributed by atoms with Gasteiger partial charge in [-0.05, 0) is 44.2 Å². The van der Waals surface area contributed by atoms with Gasteiger partial charge in [-0.15, -0.1) is 0 Å². The van der Waals surface area contributed by atoms with Gasteiger partial charge in [0.05, 0.1) is 11.3 Å². The van der Waals surface area contributed by atoms with Crippen LogP contribution in [0.4, 0.5) is 0 Å². The van der Waals surface area contributed by atoms with Gasteiger partial charge in [-0.3, -0.25) is 9.89 Å². The van der Waals surface area contributed by atoms with Crippen LogP contribution in [0, 0.1) is 6.92 Å². The van der Waals surface area contributed by atoms with Crippen molar-refractivity contribution in [3.63, 3.8) is 0 Å². The van der Waals surface area contributed by atoms with Crippen molar-refractivity contribution in [2.24, 2.45) is 0 Å². The number of aromatic amines is 1. The number of nitrogens with zero attached hydrogens (tertiary/aromatic N) is 3. The van der Waals surface area contributed by atoms with Crippen LogP contribution in [-0.2, 0) is 6.42 Å². The van der Waals surface area contributed by atoms with Crippen molar-refractivity contribution in [2.75, 3.05) is 6.54 Å². The molecular weight excluding hydrogens is 312 g/mol. The lowest BCUT2D eigenvalue weighted by Gasteiger charge is -2.36. The molecule has 0 aliphatic carbocycles. The maximum Gasteiger partial charge on any atom is 0.255 e. The van der Waals surface area contributed by atoms with Gasteiger partial charge >= 0.3 is 0 Å². The van der Waals surface area contributed by atoms with E-state index >= 15 is 0 Å². The molecule has 2 aromatic heterocycles. The third-order valence-corrected chi connectivity index (χ3v) is 5.06. The first-order chi connectivity index (χ1) is 12.2. The Labute approximate surface area is 147 Å². The molecule has 4 rings (SSSR count). The Bertz CT molecular complexity index is 887. The lowest BCUT2D eigenvalue weighted by Crippen LogP contribution is -2.44. The number of aromatic nitrogens is 3. The fourth-order valence-corrected chi connectivity index (χ4v) is 3.68. The highest BCUT2D eigenvalue weighted by Gasteiger charge is 2.28. The average molecular weight is 334 g/mol. The molecule has 5 nitrogen and oxygen atoms in total. The molecular formula is C20H22N4O. The van der Waals surface area contributed by atoms with E-state index in [9.17, 15) is 4.79 Å². The molecule has 0 radical (unpaired) electrons. The molecule has 0 saturated carbocycles. The Kier molecular flexibility index (Phi) is 4.22. The van der Waals surface area contributed by atoms with Crippen molar-refractivity contribution < 1.29 is 4.79 Å². The van der Waals surface area contributed by atoms with Gasteiger partial charge in [0.15, 0.2) is 5.65 Å². The molecule has 128 valence electrons. The van der Waals surface area contributed by atoms with Gasteiger partial charge in [-0.1, -0.05) is 30.3 Å². The van der Waals surface area contributed by atoms with Crippen LogP contribution in [-0.4, -0.2) is 38.6 Å². The summed E-state index contributed by atoms with van der Waals surface area (Å²) >= 11 is 0. The lowest BCUT2D eigenvalue weighted by atomic mass is 9.95. The topological polar surface area (TPSA) is 61.9 Å². The summed E-state index contributed by atoms with van der Waals surface area (Å²) < 4.78 is 0. The summed E-state index contributed by atoms with van der Waals surface area (Å²) in [4.78, 5) is 19.5. The monoisotopic (exact) mass is 334 g/mol. The van der Waals surface area contributed by atoms with E-state index in [1.807, 2.05) is 24.0 Å². The summed E-state index contributed by atoms with van der Waals surface area (Å²) in [7, 11) is 0. The van der Waals surface area contributed by atoms with E-state index in [-0.39, 0.29) is 11.9 Å². The smallest absolute Gasteiger partial charge is 0.255 e. The third-order valence-electron chi connectivity index (χ3n) is 5.06. The number of carbonyl (C=O) groups is 1. The molecule has 1 amide bonds. The minimum Gasteiger partial charge on any atom is -0.335 e. The predicted molar refractivity (Wildman–Crippen MR) is 97.4 cm³/mol. The number of aryl methyl sites for hydroxylation is 1. The number of fused-ring (bicyclic) bond motifs is 1. The Morgan fingerprint density at radius 1 is 1.28 bits per heavy atom. The molecule has 1 fully saturated rings. The summed E-state index contributed by atoms with van der Waals surface area (Å²) in [5, 5.41) is 7.97. The highest BCUT2D eigenvalue weighted by Crippen LogP contribution is 2.24. The van der Waals surface area contributed by atoms with Crippen molar-refractivity contribution in [1.29, 1.82) is 0 Å². The van der Waals surface area contributed by atoms with E-state index in [0.717, 1.165) is 42.5 Å². The van der Waals surface area contributed by atoms with E-state index in [1.54, 1.807) is 6.20 Å². The first-order valence-electron chi connectivity index (χ1n) is 8.88. The van der Waals surface area contributed by atoms with Crippen LogP contribution in [0.1, 0.15) is 40.9 Å². The van der Waals surface area contributed by atoms with E-state index in [0.29, 0.717) is 5.56 Å². The van der Waals surface area contributed by atoms with Crippen molar-refractivity contribution >= 4 is 16.9 Å². The highest BCUT2D eigenvalue weighted by atomic mass is 16.2. The summed E-state index contributed by atoms with van der Waals surface area (Å²) in [6.07, 6.45) is 5.88. The minimum absolute atomic E-state index is 0.0793. The zero-order valence-corrected chi connectivity index (χ0v) is 14.4. The Morgan fingerprint density at radius 2 is 2.12 bits per heavy atom. The van der Waals surface area contributed by atoms with Crippen LogP contribution in [0.3, 0.4) is 0 Å². The molecule has 3 heterocycles. The van der Waals surface area contributed by atoms with Crippen LogP contribution in [0.5, 0.6) is 0 Å². The molecule has 1 N–H and O–H groups in total. The van der Waals surface area contributed by atoms with Gasteiger partial charge in [-0.25, -0.2) is 4.98 Å². The molecule has 0 unspecified atom stereocenters. The van der Waals surface area contributed by atoms with Crippen LogP contribution in [0.25, 0.3) is 11.0 Å². The van der Waals surface area contributed by atoms with Crippen LogP contribution in [0.15, 0.2) is 42.6 Å². The number of nitrogens with one attached hydrogen (secondary N) is 1. The predicted octanol–water partition coefficient (Wildman–Crippen LogP) is 3.50. The van der Waals surface area contributed by atoms with E-state index in [2.05, 4.69) is 39.4 Å². The van der Waals surface area contributed by atoms with Gasteiger partial charge < -0.3 is 4.90 Å². The Balaban J connectivity index is 1.60. The molecule has 1 aliphatic rings. The Morgan fingerprint density at radius 3 is 2.96 bits per heavy atom. The number of likely N-dealkylation sites (tertiary alicyclic amines) is 1. The van der Waals surface area contributed by atoms with Gasteiger partial charge in [-0.2, -0.15) is 5.10 Å². The summed E-state index contributed by atoms with van der Waals surface area (Å²) in [6, 6.07) is 12.6. The molecule has 0 bridgehead atoms. The van der Waals surface area contributed by atoms with Crippen molar-refractivity contribution in [1.82, 2.24) is 20.1 Å². The number of piperidine rings is 1. The third kappa shape index (κ3) is 3.14. The second kappa shape index (κ2) is 6.67. The number of H-pyrrole nitrogens is 1. The number of amides is 1. The second-order valence-corrected chi connectivity index (χ2v) is 6.77. The number of hydrogen-bond donors (Lipinski definition) is 1. The number of hydrogen-bond acceptors (Lipinski definition) is 3. The SMILES string of the molecule is Cc1n[nH]c2ncc(C(=O)N3CCCC[C@@H]3Cc3ccccc3)cc12. The summed E-state index contributed by atoms with van der Waals surface area (Å²) in [6.45, 7) is 2.74. The fourth-order valence-electron chi connectivity index (χ4n) is 3.68. The van der Waals surface area contributed by atoms with E-state index in [1.165, 1.54) is 12.0 Å². The maximum atomic E-state index is 13.1. The number of rotatable bonds is 3. The van der Waals surface area contributed by atoms with Gasteiger partial charge in [0.1, 0.15) is 0 Å². The van der Waals surface area contributed by atoms with Crippen molar-refractivity contribution in [2.45, 2.75) is 38.6 Å². The highest BCUT2D eigenvalue weighted by molar-refractivity contribution is 5.97. The number of carbonyl (C=O) groups excluding carboxylic acids is 1. The molecule has 3 aromatic rings. The average Bonchev–Trinajstić information content (AvgIpc) is 3.03. The van der Waals surface area contributed by atoms with Gasteiger partial charge in [0.25, 0.3) is 5.91 Å². The minimum atomic E-state index is 0.0793. The molecule has 1 aromatic carbocycles. The molecule has 5 heteroatoms. The summed E-state index contributed by atoms with van der Waals surface area (Å²) in [5.74, 6) is 0.0793. The number of benzene rings is 1. The summed E-state index contributed by atoms with van der Waals surface area (Å²) in [5.41, 5.74) is 3.54. The van der Waals surface area contributed by atoms with Crippen molar-refractivity contribution in [3.8, 4) is 0 Å². The van der Waals surface area contributed by atoms with Gasteiger partial charge in [0.2, 0.25) is 0 Å². The van der Waals surface area contributed by atoms with Gasteiger partial charge in [0, 0.05) is 24.2 Å². The quantitative estimate of drug-likeness (QED) is 0.797.